The zero-order valence-corrected chi connectivity index (χ0v) is 19.0. The van der Waals surface area contributed by atoms with Crippen molar-refractivity contribution in [1.82, 2.24) is 0 Å². The van der Waals surface area contributed by atoms with Gasteiger partial charge in [0.25, 0.3) is 0 Å². The minimum atomic E-state index is -0.346. The molecular formula is C28H36O3. The Balaban J connectivity index is 1.45. The van der Waals surface area contributed by atoms with Crippen molar-refractivity contribution in [3.8, 4) is 11.5 Å². The summed E-state index contributed by atoms with van der Waals surface area (Å²) < 4.78 is 11.5. The summed E-state index contributed by atoms with van der Waals surface area (Å²) in [6.07, 6.45) is 10.4. The van der Waals surface area contributed by atoms with Crippen LogP contribution in [0.15, 0.2) is 61.2 Å². The smallest absolute Gasteiger partial charge is 0.343 e. The van der Waals surface area contributed by atoms with Crippen LogP contribution in [0, 0.1) is 17.8 Å². The third kappa shape index (κ3) is 7.27. The largest absolute Gasteiger partial charge is 0.493 e. The van der Waals surface area contributed by atoms with Crippen LogP contribution in [0.25, 0.3) is 0 Å². The molecule has 1 aliphatic rings. The van der Waals surface area contributed by atoms with Crippen LogP contribution in [-0.4, -0.2) is 12.6 Å². The fourth-order valence-corrected chi connectivity index (χ4v) is 4.18. The average Bonchev–Trinajstić information content (AvgIpc) is 2.80. The average molecular weight is 421 g/mol. The van der Waals surface area contributed by atoms with E-state index >= 15 is 0 Å². The lowest BCUT2D eigenvalue weighted by Crippen LogP contribution is -2.19. The van der Waals surface area contributed by atoms with Crippen LogP contribution in [-0.2, 0) is 6.42 Å². The lowest BCUT2D eigenvalue weighted by atomic mass is 9.81. The summed E-state index contributed by atoms with van der Waals surface area (Å²) in [6.45, 7) is 9.04. The predicted molar refractivity (Wildman–Crippen MR) is 127 cm³/mol. The molecule has 3 rings (SSSR count). The molecule has 2 aromatic rings. The van der Waals surface area contributed by atoms with E-state index in [0.717, 1.165) is 37.5 Å². The summed E-state index contributed by atoms with van der Waals surface area (Å²) in [5, 5.41) is 0. The zero-order valence-electron chi connectivity index (χ0n) is 19.0. The normalized spacial score (nSPS) is 19.4. The van der Waals surface area contributed by atoms with Crippen LogP contribution < -0.4 is 9.47 Å². The molecule has 0 heterocycles. The topological polar surface area (TPSA) is 35.5 Å². The Bertz CT molecular complexity index is 814. The molecule has 1 aliphatic carbocycles. The molecular weight excluding hydrogens is 384 g/mol. The van der Waals surface area contributed by atoms with Crippen molar-refractivity contribution in [2.45, 2.75) is 58.8 Å². The summed E-state index contributed by atoms with van der Waals surface area (Å²) in [6, 6.07) is 15.1. The Morgan fingerprint density at radius 3 is 2.23 bits per heavy atom. The lowest BCUT2D eigenvalue weighted by Gasteiger charge is -2.27. The van der Waals surface area contributed by atoms with Gasteiger partial charge in [-0.15, -0.1) is 6.58 Å². The van der Waals surface area contributed by atoms with Gasteiger partial charge in [0.05, 0.1) is 12.2 Å². The summed E-state index contributed by atoms with van der Waals surface area (Å²) in [4.78, 5) is 12.5. The highest BCUT2D eigenvalue weighted by molar-refractivity contribution is 5.91. The molecule has 166 valence electrons. The Labute approximate surface area is 187 Å². The SMILES string of the molecule is C=CCC1CCC(COc2ccc(C(=O)Oc3ccc(C[C@@H](C)CC)cc3)cc2)CC1. The quantitative estimate of drug-likeness (QED) is 0.231. The number of ether oxygens (including phenoxy) is 2. The summed E-state index contributed by atoms with van der Waals surface area (Å²) >= 11 is 0. The maximum Gasteiger partial charge on any atom is 0.343 e. The molecule has 1 atom stereocenters. The zero-order chi connectivity index (χ0) is 22.1. The molecule has 0 radical (unpaired) electrons. The van der Waals surface area contributed by atoms with Crippen LogP contribution in [0.2, 0.25) is 0 Å². The van der Waals surface area contributed by atoms with Crippen molar-refractivity contribution in [2.75, 3.05) is 6.61 Å². The minimum Gasteiger partial charge on any atom is -0.493 e. The van der Waals surface area contributed by atoms with E-state index in [1.165, 1.54) is 31.2 Å². The van der Waals surface area contributed by atoms with E-state index in [0.29, 0.717) is 23.1 Å². The van der Waals surface area contributed by atoms with Crippen LogP contribution in [0.1, 0.15) is 68.3 Å². The van der Waals surface area contributed by atoms with Crippen LogP contribution in [0.5, 0.6) is 11.5 Å². The van der Waals surface area contributed by atoms with Crippen molar-refractivity contribution in [2.24, 2.45) is 17.8 Å². The fraction of sp³-hybridized carbons (Fsp3) is 0.464. The predicted octanol–water partition coefficient (Wildman–Crippen LogP) is 7.26. The first-order valence-corrected chi connectivity index (χ1v) is 11.7. The number of allylic oxidation sites excluding steroid dienone is 1. The number of rotatable bonds is 10. The number of benzene rings is 2. The van der Waals surface area contributed by atoms with Gasteiger partial charge in [0.15, 0.2) is 0 Å². The number of hydrogen-bond donors (Lipinski definition) is 0. The second kappa shape index (κ2) is 11.7. The van der Waals surface area contributed by atoms with Gasteiger partial charge < -0.3 is 9.47 Å². The fourth-order valence-electron chi connectivity index (χ4n) is 4.18. The van der Waals surface area contributed by atoms with Gasteiger partial charge in [-0.05, 0) is 98.2 Å². The van der Waals surface area contributed by atoms with E-state index in [1.807, 2.05) is 42.5 Å². The molecule has 0 unspecified atom stereocenters. The van der Waals surface area contributed by atoms with E-state index in [1.54, 1.807) is 12.1 Å². The molecule has 0 aliphatic heterocycles. The maximum atomic E-state index is 12.5. The number of carbonyl (C=O) groups is 1. The molecule has 0 saturated heterocycles. The molecule has 31 heavy (non-hydrogen) atoms. The second-order valence-corrected chi connectivity index (χ2v) is 9.00. The Kier molecular flexibility index (Phi) is 8.75. The molecule has 3 nitrogen and oxygen atoms in total. The van der Waals surface area contributed by atoms with Gasteiger partial charge in [-0.2, -0.15) is 0 Å². The van der Waals surface area contributed by atoms with Gasteiger partial charge in [0.1, 0.15) is 11.5 Å². The van der Waals surface area contributed by atoms with Gasteiger partial charge in [0.2, 0.25) is 0 Å². The number of hydrogen-bond acceptors (Lipinski definition) is 3. The Morgan fingerprint density at radius 1 is 1.00 bits per heavy atom. The van der Waals surface area contributed by atoms with Crippen LogP contribution >= 0.6 is 0 Å². The van der Waals surface area contributed by atoms with E-state index < -0.39 is 0 Å². The molecule has 0 amide bonds. The van der Waals surface area contributed by atoms with Crippen molar-refractivity contribution >= 4 is 5.97 Å². The number of esters is 1. The van der Waals surface area contributed by atoms with Crippen LogP contribution in [0.3, 0.4) is 0 Å². The highest BCUT2D eigenvalue weighted by Gasteiger charge is 2.20. The molecule has 0 aromatic heterocycles. The first-order valence-electron chi connectivity index (χ1n) is 11.7. The molecule has 0 spiro atoms. The van der Waals surface area contributed by atoms with Gasteiger partial charge in [-0.3, -0.25) is 0 Å². The third-order valence-corrected chi connectivity index (χ3v) is 6.46. The van der Waals surface area contributed by atoms with Crippen molar-refractivity contribution in [3.63, 3.8) is 0 Å². The first-order chi connectivity index (χ1) is 15.1. The minimum absolute atomic E-state index is 0.346. The summed E-state index contributed by atoms with van der Waals surface area (Å²) in [5.74, 6) is 3.11. The Hall–Kier alpha value is -2.55. The third-order valence-electron chi connectivity index (χ3n) is 6.46. The number of carbonyl (C=O) groups excluding carboxylic acids is 1. The van der Waals surface area contributed by atoms with Gasteiger partial charge in [-0.1, -0.05) is 38.5 Å². The maximum absolute atomic E-state index is 12.5. The molecule has 0 bridgehead atoms. The van der Waals surface area contributed by atoms with Gasteiger partial charge in [-0.25, -0.2) is 4.79 Å². The van der Waals surface area contributed by atoms with Crippen LogP contribution in [0.4, 0.5) is 0 Å². The second-order valence-electron chi connectivity index (χ2n) is 9.00. The van der Waals surface area contributed by atoms with Gasteiger partial charge >= 0.3 is 5.97 Å². The van der Waals surface area contributed by atoms with E-state index in [4.69, 9.17) is 9.47 Å². The molecule has 3 heteroatoms. The summed E-state index contributed by atoms with van der Waals surface area (Å²) in [5.41, 5.74) is 1.80. The highest BCUT2D eigenvalue weighted by Crippen LogP contribution is 2.31. The molecule has 2 aromatic carbocycles. The van der Waals surface area contributed by atoms with Crippen molar-refractivity contribution < 1.29 is 14.3 Å². The monoisotopic (exact) mass is 420 g/mol. The molecule has 1 saturated carbocycles. The van der Waals surface area contributed by atoms with E-state index in [9.17, 15) is 4.79 Å². The summed E-state index contributed by atoms with van der Waals surface area (Å²) in [7, 11) is 0. The molecule has 1 fully saturated rings. The van der Waals surface area contributed by atoms with E-state index in [2.05, 4.69) is 20.4 Å². The van der Waals surface area contributed by atoms with Crippen molar-refractivity contribution in [3.05, 3.63) is 72.3 Å². The standard InChI is InChI=1S/C28H36O3/c1-4-6-22-7-9-24(10-8-22)20-30-26-17-13-25(14-18-26)28(29)31-27-15-11-23(12-16-27)19-21(3)5-2/h4,11-18,21-22,24H,1,5-10,19-20H2,2-3H3/t21-,22?,24?/m0/s1. The van der Waals surface area contributed by atoms with Crippen molar-refractivity contribution in [1.29, 1.82) is 0 Å². The lowest BCUT2D eigenvalue weighted by molar-refractivity contribution is 0.0734. The first kappa shape index (κ1) is 23.1. The highest BCUT2D eigenvalue weighted by atomic mass is 16.5. The van der Waals surface area contributed by atoms with E-state index in [-0.39, 0.29) is 5.97 Å². The van der Waals surface area contributed by atoms with Gasteiger partial charge in [0, 0.05) is 0 Å². The Morgan fingerprint density at radius 2 is 1.61 bits per heavy atom. The molecule has 0 N–H and O–H groups in total.